The van der Waals surface area contributed by atoms with Crippen LogP contribution in [0.2, 0.25) is 0 Å². The molecule has 2 fully saturated rings. The number of imidazole rings is 1. The van der Waals surface area contributed by atoms with Gasteiger partial charge in [-0.25, -0.2) is 4.98 Å². The van der Waals surface area contributed by atoms with E-state index in [-0.39, 0.29) is 17.9 Å². The molecule has 3 heterocycles. The van der Waals surface area contributed by atoms with Gasteiger partial charge in [-0.3, -0.25) is 14.5 Å². The molecule has 0 unspecified atom stereocenters. The highest BCUT2D eigenvalue weighted by Gasteiger charge is 2.45. The van der Waals surface area contributed by atoms with E-state index in [1.54, 1.807) is 0 Å². The van der Waals surface area contributed by atoms with Crippen LogP contribution in [0.1, 0.15) is 37.9 Å². The number of nitrogens with one attached hydrogen (secondary N) is 2. The summed E-state index contributed by atoms with van der Waals surface area (Å²) in [6.45, 7) is 4.19. The number of benzene rings is 1. The third kappa shape index (κ3) is 2.51. The lowest BCUT2D eigenvalue weighted by atomic mass is 9.95. The first-order valence-corrected chi connectivity index (χ1v) is 8.80. The Morgan fingerprint density at radius 1 is 1.25 bits per heavy atom. The summed E-state index contributed by atoms with van der Waals surface area (Å²) in [4.78, 5) is 35.1. The Morgan fingerprint density at radius 3 is 2.67 bits per heavy atom. The summed E-state index contributed by atoms with van der Waals surface area (Å²) in [5.41, 5.74) is 2.09. The van der Waals surface area contributed by atoms with Crippen molar-refractivity contribution in [1.82, 2.24) is 14.9 Å². The molecule has 6 nitrogen and oxygen atoms in total. The summed E-state index contributed by atoms with van der Waals surface area (Å²) >= 11 is 0. The number of aromatic nitrogens is 2. The van der Waals surface area contributed by atoms with Gasteiger partial charge in [0.25, 0.3) is 5.91 Å². The van der Waals surface area contributed by atoms with Crippen molar-refractivity contribution in [3.8, 4) is 0 Å². The largest absolute Gasteiger partial charge is 0.342 e. The van der Waals surface area contributed by atoms with Crippen LogP contribution in [0.5, 0.6) is 0 Å². The maximum Gasteiger partial charge on any atom is 0.287 e. The Bertz CT molecular complexity index is 743. The molecule has 4 rings (SSSR count). The van der Waals surface area contributed by atoms with Gasteiger partial charge in [0.1, 0.15) is 5.82 Å². The number of hydrogen-bond donors (Lipinski definition) is 2. The van der Waals surface area contributed by atoms with Crippen molar-refractivity contribution in [3.63, 3.8) is 0 Å². The molecule has 6 heteroatoms. The number of carbonyl (C=O) groups is 2. The van der Waals surface area contributed by atoms with E-state index >= 15 is 0 Å². The molecule has 1 aromatic heterocycles. The number of quaternary nitrogens is 1. The molecule has 24 heavy (non-hydrogen) atoms. The molecule has 2 amide bonds. The SMILES string of the molecule is CCN1C(=O)C[C@H]([NH+]2CCC(c3nc4ccccc4[nH]3)CC2)C1=O. The van der Waals surface area contributed by atoms with Gasteiger partial charge < -0.3 is 9.88 Å². The number of piperidine rings is 1. The van der Waals surface area contributed by atoms with Crippen molar-refractivity contribution in [2.75, 3.05) is 19.6 Å². The lowest BCUT2D eigenvalue weighted by Crippen LogP contribution is -3.17. The maximum atomic E-state index is 12.4. The van der Waals surface area contributed by atoms with Crippen LogP contribution in [0.3, 0.4) is 0 Å². The number of likely N-dealkylation sites (tertiary alicyclic amines) is 2. The molecule has 1 atom stereocenters. The van der Waals surface area contributed by atoms with E-state index in [0.717, 1.165) is 42.8 Å². The Labute approximate surface area is 140 Å². The standard InChI is InChI=1S/C18H22N4O2/c1-2-22-16(23)11-15(18(22)24)21-9-7-12(8-10-21)17-19-13-5-3-4-6-14(13)20-17/h3-6,12,15H,2,7-11H2,1H3,(H,19,20)/p+1/t15-/m0/s1. The van der Waals surface area contributed by atoms with Crippen LogP contribution < -0.4 is 4.90 Å². The number of hydrogen-bond acceptors (Lipinski definition) is 3. The molecule has 0 radical (unpaired) electrons. The quantitative estimate of drug-likeness (QED) is 0.805. The number of para-hydroxylation sites is 2. The van der Waals surface area contributed by atoms with E-state index in [1.807, 2.05) is 31.2 Å². The second-order valence-electron chi connectivity index (χ2n) is 6.80. The molecule has 2 saturated heterocycles. The van der Waals surface area contributed by atoms with Crippen LogP contribution in [0.25, 0.3) is 11.0 Å². The van der Waals surface area contributed by atoms with E-state index in [1.165, 1.54) is 9.80 Å². The molecule has 0 saturated carbocycles. The third-order valence-electron chi connectivity index (χ3n) is 5.48. The highest BCUT2D eigenvalue weighted by molar-refractivity contribution is 6.04. The third-order valence-corrected chi connectivity index (χ3v) is 5.48. The number of carbonyl (C=O) groups excluding carboxylic acids is 2. The van der Waals surface area contributed by atoms with Gasteiger partial charge in [0, 0.05) is 25.3 Å². The van der Waals surface area contributed by atoms with Crippen molar-refractivity contribution >= 4 is 22.8 Å². The average molecular weight is 327 g/mol. The second kappa shape index (κ2) is 6.02. The zero-order chi connectivity index (χ0) is 16.7. The number of aromatic amines is 1. The summed E-state index contributed by atoms with van der Waals surface area (Å²) in [5, 5.41) is 0. The number of amides is 2. The molecule has 0 aliphatic carbocycles. The van der Waals surface area contributed by atoms with Crippen molar-refractivity contribution in [2.24, 2.45) is 0 Å². The van der Waals surface area contributed by atoms with Gasteiger partial charge in [-0.15, -0.1) is 0 Å². The minimum absolute atomic E-state index is 0.0136. The molecule has 2 N–H and O–H groups in total. The highest BCUT2D eigenvalue weighted by atomic mass is 16.2. The molecule has 2 aromatic rings. The van der Waals surface area contributed by atoms with E-state index in [0.29, 0.717) is 18.9 Å². The van der Waals surface area contributed by atoms with Crippen molar-refractivity contribution in [2.45, 2.75) is 38.1 Å². The van der Waals surface area contributed by atoms with Crippen LogP contribution in [0.15, 0.2) is 24.3 Å². The first-order chi connectivity index (χ1) is 11.7. The first kappa shape index (κ1) is 15.3. The fraction of sp³-hybridized carbons (Fsp3) is 0.500. The van der Waals surface area contributed by atoms with Gasteiger partial charge in [-0.2, -0.15) is 0 Å². The van der Waals surface area contributed by atoms with Crippen LogP contribution in [-0.4, -0.2) is 52.4 Å². The summed E-state index contributed by atoms with van der Waals surface area (Å²) in [5.74, 6) is 1.47. The smallest absolute Gasteiger partial charge is 0.287 e. The van der Waals surface area contributed by atoms with Crippen LogP contribution in [0.4, 0.5) is 0 Å². The van der Waals surface area contributed by atoms with Crippen LogP contribution in [-0.2, 0) is 9.59 Å². The number of nitrogens with zero attached hydrogens (tertiary/aromatic N) is 2. The maximum absolute atomic E-state index is 12.4. The number of fused-ring (bicyclic) bond motifs is 1. The van der Waals surface area contributed by atoms with Gasteiger partial charge in [0.15, 0.2) is 6.04 Å². The van der Waals surface area contributed by atoms with Crippen molar-refractivity contribution < 1.29 is 14.5 Å². The van der Waals surface area contributed by atoms with Gasteiger partial charge in [0.2, 0.25) is 5.91 Å². The predicted octanol–water partition coefficient (Wildman–Crippen LogP) is 0.473. The minimum Gasteiger partial charge on any atom is -0.342 e. The number of H-pyrrole nitrogens is 1. The second-order valence-corrected chi connectivity index (χ2v) is 6.80. The monoisotopic (exact) mass is 327 g/mol. The Morgan fingerprint density at radius 2 is 2.00 bits per heavy atom. The number of likely N-dealkylation sites (N-methyl/N-ethyl adjacent to an activating group) is 1. The van der Waals surface area contributed by atoms with Gasteiger partial charge in [-0.1, -0.05) is 12.1 Å². The summed E-state index contributed by atoms with van der Waals surface area (Å²) < 4.78 is 0. The Balaban J connectivity index is 1.43. The minimum atomic E-state index is -0.172. The highest BCUT2D eigenvalue weighted by Crippen LogP contribution is 2.24. The fourth-order valence-corrected chi connectivity index (χ4v) is 4.11. The summed E-state index contributed by atoms with van der Waals surface area (Å²) in [6.07, 6.45) is 2.37. The number of imide groups is 1. The average Bonchev–Trinajstić information content (AvgIpc) is 3.16. The van der Waals surface area contributed by atoms with E-state index in [2.05, 4.69) is 4.98 Å². The van der Waals surface area contributed by atoms with Gasteiger partial charge >= 0.3 is 0 Å². The number of rotatable bonds is 3. The van der Waals surface area contributed by atoms with E-state index < -0.39 is 0 Å². The van der Waals surface area contributed by atoms with E-state index in [9.17, 15) is 9.59 Å². The molecular formula is C18H23N4O2+. The Hall–Kier alpha value is -2.21. The molecule has 0 bridgehead atoms. The molecule has 2 aliphatic heterocycles. The van der Waals surface area contributed by atoms with Crippen molar-refractivity contribution in [1.29, 1.82) is 0 Å². The zero-order valence-electron chi connectivity index (χ0n) is 13.9. The van der Waals surface area contributed by atoms with E-state index in [4.69, 9.17) is 4.98 Å². The first-order valence-electron chi connectivity index (χ1n) is 8.80. The Kier molecular flexibility index (Phi) is 3.84. The summed E-state index contributed by atoms with van der Waals surface area (Å²) in [7, 11) is 0. The van der Waals surface area contributed by atoms with Crippen molar-refractivity contribution in [3.05, 3.63) is 30.1 Å². The van der Waals surface area contributed by atoms with Gasteiger partial charge in [-0.05, 0) is 19.1 Å². The topological polar surface area (TPSA) is 70.5 Å². The fourth-order valence-electron chi connectivity index (χ4n) is 4.11. The molecule has 2 aliphatic rings. The molecule has 126 valence electrons. The molecular weight excluding hydrogens is 304 g/mol. The van der Waals surface area contributed by atoms with Crippen LogP contribution in [0, 0.1) is 0 Å². The predicted molar refractivity (Wildman–Crippen MR) is 89.6 cm³/mol. The van der Waals surface area contributed by atoms with Crippen LogP contribution >= 0.6 is 0 Å². The zero-order valence-corrected chi connectivity index (χ0v) is 13.9. The molecule has 1 aromatic carbocycles. The lowest BCUT2D eigenvalue weighted by molar-refractivity contribution is -0.920. The molecule has 0 spiro atoms. The summed E-state index contributed by atoms with van der Waals surface area (Å²) in [6, 6.07) is 7.92. The lowest BCUT2D eigenvalue weighted by Gasteiger charge is -2.31. The van der Waals surface area contributed by atoms with Gasteiger partial charge in [0.05, 0.1) is 30.5 Å². The normalized spacial score (nSPS) is 28.0.